The fraction of sp³-hybridized carbons (Fsp3) is 0.385. The first-order chi connectivity index (χ1) is 7.32. The van der Waals surface area contributed by atoms with Gasteiger partial charge in [-0.1, -0.05) is 24.3 Å². The Bertz CT molecular complexity index is 517. The zero-order valence-electron chi connectivity index (χ0n) is 8.36. The topological polar surface area (TPSA) is 29.4 Å². The molecule has 0 radical (unpaired) electrons. The van der Waals surface area contributed by atoms with Crippen LogP contribution in [-0.2, 0) is 6.42 Å². The number of Topliss-reactive ketones (excluding diaryl/α,β-unsaturated/α-hetero) is 1. The van der Waals surface area contributed by atoms with E-state index < -0.39 is 0 Å². The summed E-state index contributed by atoms with van der Waals surface area (Å²) < 4.78 is 0. The molecule has 0 aromatic heterocycles. The molecule has 74 valence electrons. The van der Waals surface area contributed by atoms with Crippen molar-refractivity contribution in [1.29, 1.82) is 0 Å². The van der Waals surface area contributed by atoms with Crippen molar-refractivity contribution < 1.29 is 4.79 Å². The summed E-state index contributed by atoms with van der Waals surface area (Å²) in [5.41, 5.74) is 3.14. The maximum atomic E-state index is 12.4. The molecule has 2 aliphatic carbocycles. The number of fused-ring (bicyclic) bond motifs is 1. The molecule has 1 spiro atoms. The van der Waals surface area contributed by atoms with Crippen molar-refractivity contribution >= 4 is 11.5 Å². The van der Waals surface area contributed by atoms with Gasteiger partial charge in [0.2, 0.25) is 0 Å². The molecule has 0 unspecified atom stereocenters. The summed E-state index contributed by atoms with van der Waals surface area (Å²) in [5.74, 6) is 0.874. The standard InChI is InChI=1S/C13H11NO/c15-12-10-4-2-1-3-8(10)5-11-13(12)6-9(13)7-14-11/h1-4,9H,5-7H2/t9-,13+/m0/s1. The van der Waals surface area contributed by atoms with Crippen molar-refractivity contribution in [2.75, 3.05) is 6.54 Å². The van der Waals surface area contributed by atoms with Gasteiger partial charge in [-0.3, -0.25) is 9.79 Å². The Kier molecular flexibility index (Phi) is 1.15. The number of carbonyl (C=O) groups is 1. The molecular formula is C13H11NO. The predicted molar refractivity (Wildman–Crippen MR) is 57.3 cm³/mol. The van der Waals surface area contributed by atoms with Gasteiger partial charge < -0.3 is 0 Å². The molecule has 1 aromatic rings. The number of nitrogens with zero attached hydrogens (tertiary/aromatic N) is 1. The van der Waals surface area contributed by atoms with Crippen LogP contribution >= 0.6 is 0 Å². The zero-order chi connectivity index (χ0) is 10.0. The molecule has 2 nitrogen and oxygen atoms in total. The molecule has 0 bridgehead atoms. The fourth-order valence-corrected chi connectivity index (χ4v) is 3.20. The van der Waals surface area contributed by atoms with Crippen molar-refractivity contribution in [3.05, 3.63) is 35.4 Å². The molecule has 0 saturated heterocycles. The van der Waals surface area contributed by atoms with Crippen molar-refractivity contribution in [3.8, 4) is 0 Å². The number of rotatable bonds is 0. The zero-order valence-corrected chi connectivity index (χ0v) is 8.36. The summed E-state index contributed by atoms with van der Waals surface area (Å²) in [6.45, 7) is 0.884. The second-order valence-corrected chi connectivity index (χ2v) is 4.82. The summed E-state index contributed by atoms with van der Waals surface area (Å²) in [4.78, 5) is 16.9. The van der Waals surface area contributed by atoms with E-state index in [1.54, 1.807) is 0 Å². The Morgan fingerprint density at radius 3 is 3.07 bits per heavy atom. The van der Waals surface area contributed by atoms with Gasteiger partial charge in [0, 0.05) is 24.2 Å². The molecule has 4 rings (SSSR count). The average molecular weight is 197 g/mol. The molecule has 1 saturated carbocycles. The normalized spacial score (nSPS) is 35.3. The fourth-order valence-electron chi connectivity index (χ4n) is 3.20. The van der Waals surface area contributed by atoms with Crippen molar-refractivity contribution in [2.45, 2.75) is 12.8 Å². The lowest BCUT2D eigenvalue weighted by Gasteiger charge is -2.23. The van der Waals surface area contributed by atoms with Gasteiger partial charge in [0.1, 0.15) is 0 Å². The first-order valence-electron chi connectivity index (χ1n) is 5.49. The first kappa shape index (κ1) is 7.80. The predicted octanol–water partition coefficient (Wildman–Crippen LogP) is 1.89. The van der Waals surface area contributed by atoms with Gasteiger partial charge in [0.25, 0.3) is 0 Å². The van der Waals surface area contributed by atoms with E-state index in [9.17, 15) is 4.79 Å². The number of benzene rings is 1. The van der Waals surface area contributed by atoms with E-state index in [1.807, 2.05) is 18.2 Å². The third-order valence-corrected chi connectivity index (χ3v) is 4.15. The first-order valence-corrected chi connectivity index (χ1v) is 5.49. The van der Waals surface area contributed by atoms with Crippen LogP contribution in [0.1, 0.15) is 22.3 Å². The van der Waals surface area contributed by atoms with Gasteiger partial charge in [-0.2, -0.15) is 0 Å². The maximum absolute atomic E-state index is 12.4. The highest BCUT2D eigenvalue weighted by Crippen LogP contribution is 2.61. The van der Waals surface area contributed by atoms with E-state index in [0.29, 0.717) is 11.7 Å². The van der Waals surface area contributed by atoms with E-state index >= 15 is 0 Å². The minimum atomic E-state index is -0.131. The number of hydrogen-bond acceptors (Lipinski definition) is 2. The van der Waals surface area contributed by atoms with E-state index in [4.69, 9.17) is 0 Å². The van der Waals surface area contributed by atoms with E-state index in [0.717, 1.165) is 30.7 Å². The lowest BCUT2D eigenvalue weighted by Crippen LogP contribution is -2.33. The van der Waals surface area contributed by atoms with Crippen LogP contribution in [-0.4, -0.2) is 18.0 Å². The van der Waals surface area contributed by atoms with Crippen molar-refractivity contribution in [3.63, 3.8) is 0 Å². The van der Waals surface area contributed by atoms with Gasteiger partial charge in [0.15, 0.2) is 5.78 Å². The summed E-state index contributed by atoms with van der Waals surface area (Å²) in [6, 6.07) is 7.99. The highest BCUT2D eigenvalue weighted by molar-refractivity contribution is 6.23. The molecule has 2 heteroatoms. The smallest absolute Gasteiger partial charge is 0.175 e. The van der Waals surface area contributed by atoms with Crippen LogP contribution in [0.25, 0.3) is 0 Å². The second-order valence-electron chi connectivity index (χ2n) is 4.82. The lowest BCUT2D eigenvalue weighted by atomic mass is 9.78. The number of hydrogen-bond donors (Lipinski definition) is 0. The number of aliphatic imine (C=N–C) groups is 1. The van der Waals surface area contributed by atoms with Crippen LogP contribution in [0.5, 0.6) is 0 Å². The molecule has 15 heavy (non-hydrogen) atoms. The third kappa shape index (κ3) is 0.738. The monoisotopic (exact) mass is 197 g/mol. The van der Waals surface area contributed by atoms with Gasteiger partial charge in [0.05, 0.1) is 5.41 Å². The quantitative estimate of drug-likeness (QED) is 0.624. The minimum absolute atomic E-state index is 0.131. The lowest BCUT2D eigenvalue weighted by molar-refractivity contribution is 0.0930. The summed E-state index contributed by atoms with van der Waals surface area (Å²) in [5, 5.41) is 0. The van der Waals surface area contributed by atoms with Gasteiger partial charge in [-0.05, 0) is 17.9 Å². The highest BCUT2D eigenvalue weighted by Gasteiger charge is 2.66. The minimum Gasteiger partial charge on any atom is -0.293 e. The van der Waals surface area contributed by atoms with Crippen molar-refractivity contribution in [1.82, 2.24) is 0 Å². The molecule has 0 amide bonds. The molecule has 1 heterocycles. The van der Waals surface area contributed by atoms with Gasteiger partial charge in [-0.25, -0.2) is 0 Å². The molecule has 2 atom stereocenters. The van der Waals surface area contributed by atoms with Crippen LogP contribution in [0.4, 0.5) is 0 Å². The largest absolute Gasteiger partial charge is 0.293 e. The molecule has 1 aromatic carbocycles. The van der Waals surface area contributed by atoms with Crippen LogP contribution in [0, 0.1) is 11.3 Å². The number of ketones is 1. The van der Waals surface area contributed by atoms with Gasteiger partial charge in [-0.15, -0.1) is 0 Å². The second kappa shape index (κ2) is 2.21. The number of carbonyl (C=O) groups excluding carboxylic acids is 1. The third-order valence-electron chi connectivity index (χ3n) is 4.15. The van der Waals surface area contributed by atoms with E-state index in [1.165, 1.54) is 5.56 Å². The molecule has 3 aliphatic rings. The van der Waals surface area contributed by atoms with Gasteiger partial charge >= 0.3 is 0 Å². The summed E-state index contributed by atoms with van der Waals surface area (Å²) >= 11 is 0. The Morgan fingerprint density at radius 1 is 1.33 bits per heavy atom. The van der Waals surface area contributed by atoms with Crippen LogP contribution in [0.2, 0.25) is 0 Å². The maximum Gasteiger partial charge on any atom is 0.175 e. The van der Waals surface area contributed by atoms with Crippen LogP contribution < -0.4 is 0 Å². The molecule has 1 fully saturated rings. The molecule has 1 aliphatic heterocycles. The summed E-state index contributed by atoms with van der Waals surface area (Å²) in [6.07, 6.45) is 1.96. The van der Waals surface area contributed by atoms with Crippen LogP contribution in [0.15, 0.2) is 29.3 Å². The highest BCUT2D eigenvalue weighted by atomic mass is 16.1. The SMILES string of the molecule is O=C1c2ccccc2CC2=NC[C@@H]3C[C@]123. The Labute approximate surface area is 88.0 Å². The molecular weight excluding hydrogens is 186 g/mol. The average Bonchev–Trinajstić information content (AvgIpc) is 2.89. The van der Waals surface area contributed by atoms with E-state index in [2.05, 4.69) is 11.1 Å². The van der Waals surface area contributed by atoms with Crippen molar-refractivity contribution in [2.24, 2.45) is 16.3 Å². The van der Waals surface area contributed by atoms with Crippen LogP contribution in [0.3, 0.4) is 0 Å². The Balaban J connectivity index is 1.97. The Morgan fingerprint density at radius 2 is 2.20 bits per heavy atom. The Hall–Kier alpha value is -1.44. The summed E-state index contributed by atoms with van der Waals surface area (Å²) in [7, 11) is 0. The van der Waals surface area contributed by atoms with E-state index in [-0.39, 0.29) is 5.41 Å². The molecule has 0 N–H and O–H groups in total.